The number of nitrogens with one attached hydrogen (secondary N) is 1. The first kappa shape index (κ1) is 16.2. The molecule has 1 aromatic carbocycles. The van der Waals surface area contributed by atoms with E-state index in [4.69, 9.17) is 16.3 Å². The fourth-order valence-corrected chi connectivity index (χ4v) is 3.36. The molecule has 0 aliphatic carbocycles. The number of halogens is 1. The molecule has 2 atom stereocenters. The first-order valence-corrected chi connectivity index (χ1v) is 8.00. The number of fused-ring (bicyclic) bond motifs is 1. The molecule has 2 heterocycles. The second kappa shape index (κ2) is 6.82. The topological polar surface area (TPSA) is 84.7 Å². The van der Waals surface area contributed by atoms with E-state index < -0.39 is 4.92 Å². The monoisotopic (exact) mass is 339 g/mol. The minimum Gasteiger partial charge on any atom is -0.373 e. The molecule has 2 saturated heterocycles. The van der Waals surface area contributed by atoms with Gasteiger partial charge in [0.15, 0.2) is 0 Å². The van der Waals surface area contributed by atoms with Crippen LogP contribution in [-0.2, 0) is 4.74 Å². The van der Waals surface area contributed by atoms with Gasteiger partial charge in [-0.3, -0.25) is 19.8 Å². The first-order chi connectivity index (χ1) is 11.0. The molecule has 124 valence electrons. The Bertz CT molecular complexity index is 625. The van der Waals surface area contributed by atoms with E-state index in [1.807, 2.05) is 0 Å². The number of hydrogen-bond donors (Lipinski definition) is 1. The van der Waals surface area contributed by atoms with Crippen LogP contribution >= 0.6 is 11.6 Å². The Morgan fingerprint density at radius 2 is 2.35 bits per heavy atom. The lowest BCUT2D eigenvalue weighted by molar-refractivity contribution is -0.384. The lowest BCUT2D eigenvalue weighted by Crippen LogP contribution is -2.50. The summed E-state index contributed by atoms with van der Waals surface area (Å²) < 4.78 is 5.78. The highest BCUT2D eigenvalue weighted by Gasteiger charge is 2.32. The number of benzene rings is 1. The van der Waals surface area contributed by atoms with Crippen molar-refractivity contribution in [3.05, 3.63) is 38.9 Å². The summed E-state index contributed by atoms with van der Waals surface area (Å²) in [5, 5.41) is 13.5. The van der Waals surface area contributed by atoms with Gasteiger partial charge in [0.2, 0.25) is 0 Å². The van der Waals surface area contributed by atoms with Gasteiger partial charge in [0, 0.05) is 30.8 Å². The Morgan fingerprint density at radius 1 is 1.52 bits per heavy atom. The van der Waals surface area contributed by atoms with Crippen molar-refractivity contribution >= 4 is 23.2 Å². The Morgan fingerprint density at radius 3 is 3.09 bits per heavy atom. The number of carbonyl (C=O) groups is 1. The van der Waals surface area contributed by atoms with Crippen LogP contribution in [0.5, 0.6) is 0 Å². The zero-order chi connectivity index (χ0) is 16.4. The standard InChI is InChI=1S/C15H18ClN3O4/c16-13-6-10(3-4-14(13)19(21)22)15(20)17-7-12-8-18-5-1-2-11(18)9-23-12/h3-4,6,11-12H,1-2,5,7-9H2,(H,17,20)/t11-,12-/m1/s1. The number of nitrogens with zero attached hydrogens (tertiary/aromatic N) is 2. The summed E-state index contributed by atoms with van der Waals surface area (Å²) in [5.74, 6) is -0.311. The summed E-state index contributed by atoms with van der Waals surface area (Å²) in [6.45, 7) is 3.04. The molecule has 8 heteroatoms. The molecule has 7 nitrogen and oxygen atoms in total. The van der Waals surface area contributed by atoms with Gasteiger partial charge in [-0.25, -0.2) is 0 Å². The van der Waals surface area contributed by atoms with Crippen molar-refractivity contribution in [3.8, 4) is 0 Å². The Balaban J connectivity index is 1.55. The van der Waals surface area contributed by atoms with Crippen LogP contribution in [0.15, 0.2) is 18.2 Å². The molecular formula is C15H18ClN3O4. The quantitative estimate of drug-likeness (QED) is 0.668. The number of ether oxygens (including phenoxy) is 1. The maximum atomic E-state index is 12.1. The highest BCUT2D eigenvalue weighted by Crippen LogP contribution is 2.25. The van der Waals surface area contributed by atoms with Gasteiger partial charge < -0.3 is 10.1 Å². The highest BCUT2D eigenvalue weighted by molar-refractivity contribution is 6.33. The van der Waals surface area contributed by atoms with Gasteiger partial charge >= 0.3 is 0 Å². The van der Waals surface area contributed by atoms with Crippen LogP contribution in [0, 0.1) is 10.1 Å². The van der Waals surface area contributed by atoms with Crippen molar-refractivity contribution in [2.75, 3.05) is 26.2 Å². The van der Waals surface area contributed by atoms with Crippen molar-refractivity contribution in [2.24, 2.45) is 0 Å². The van der Waals surface area contributed by atoms with Crippen molar-refractivity contribution < 1.29 is 14.5 Å². The van der Waals surface area contributed by atoms with Crippen molar-refractivity contribution in [1.29, 1.82) is 0 Å². The molecule has 2 aliphatic heterocycles. The van der Waals surface area contributed by atoms with Crippen LogP contribution in [0.1, 0.15) is 23.2 Å². The molecular weight excluding hydrogens is 322 g/mol. The maximum absolute atomic E-state index is 12.1. The molecule has 1 amide bonds. The normalized spacial score (nSPS) is 24.2. The lowest BCUT2D eigenvalue weighted by atomic mass is 10.1. The third kappa shape index (κ3) is 3.63. The zero-order valence-corrected chi connectivity index (χ0v) is 13.3. The Kier molecular flexibility index (Phi) is 4.79. The SMILES string of the molecule is O=C(NC[C@@H]1CN2CCC[C@@H]2CO1)c1ccc([N+](=O)[O-])c(Cl)c1. The average Bonchev–Trinajstić information content (AvgIpc) is 2.99. The van der Waals surface area contributed by atoms with Crippen molar-refractivity contribution in [3.63, 3.8) is 0 Å². The molecule has 2 aliphatic rings. The molecule has 0 radical (unpaired) electrons. The van der Waals surface area contributed by atoms with Crippen LogP contribution in [0.3, 0.4) is 0 Å². The maximum Gasteiger partial charge on any atom is 0.287 e. The average molecular weight is 340 g/mol. The second-order valence-electron chi connectivity index (χ2n) is 5.88. The molecule has 3 rings (SSSR count). The molecule has 23 heavy (non-hydrogen) atoms. The van der Waals surface area contributed by atoms with Crippen molar-refractivity contribution in [2.45, 2.75) is 25.0 Å². The fourth-order valence-electron chi connectivity index (χ4n) is 3.11. The van der Waals surface area contributed by atoms with E-state index in [0.717, 1.165) is 13.1 Å². The van der Waals surface area contributed by atoms with Crippen LogP contribution in [0.25, 0.3) is 0 Å². The molecule has 1 aromatic rings. The van der Waals surface area contributed by atoms with Crippen LogP contribution in [-0.4, -0.2) is 54.1 Å². The minimum atomic E-state index is -0.577. The summed E-state index contributed by atoms with van der Waals surface area (Å²) in [7, 11) is 0. The molecule has 2 fully saturated rings. The largest absolute Gasteiger partial charge is 0.373 e. The predicted octanol–water partition coefficient (Wildman–Crippen LogP) is 1.84. The number of hydrogen-bond acceptors (Lipinski definition) is 5. The fraction of sp³-hybridized carbons (Fsp3) is 0.533. The number of nitro groups is 1. The number of amides is 1. The summed E-state index contributed by atoms with van der Waals surface area (Å²) in [4.78, 5) is 24.7. The van der Waals surface area contributed by atoms with E-state index in [0.29, 0.717) is 24.8 Å². The first-order valence-electron chi connectivity index (χ1n) is 7.62. The third-order valence-corrected chi connectivity index (χ3v) is 4.66. The molecule has 1 N–H and O–H groups in total. The summed E-state index contributed by atoms with van der Waals surface area (Å²) in [5.41, 5.74) is 0.0920. The summed E-state index contributed by atoms with van der Waals surface area (Å²) >= 11 is 5.83. The van der Waals surface area contributed by atoms with E-state index in [1.54, 1.807) is 0 Å². The molecule has 0 aromatic heterocycles. The summed E-state index contributed by atoms with van der Waals surface area (Å²) in [6.07, 6.45) is 2.36. The van der Waals surface area contributed by atoms with Gasteiger partial charge in [-0.15, -0.1) is 0 Å². The minimum absolute atomic E-state index is 0.0261. The molecule has 0 spiro atoms. The van der Waals surface area contributed by atoms with Crippen LogP contribution < -0.4 is 5.32 Å². The van der Waals surface area contributed by atoms with Gasteiger partial charge in [0.25, 0.3) is 11.6 Å². The molecule has 0 bridgehead atoms. The zero-order valence-electron chi connectivity index (χ0n) is 12.5. The number of nitro benzene ring substituents is 1. The third-order valence-electron chi connectivity index (χ3n) is 4.36. The van der Waals surface area contributed by atoms with Gasteiger partial charge in [-0.2, -0.15) is 0 Å². The number of morpholine rings is 1. The van der Waals surface area contributed by atoms with E-state index in [1.165, 1.54) is 31.0 Å². The van der Waals surface area contributed by atoms with Gasteiger partial charge in [0.1, 0.15) is 5.02 Å². The van der Waals surface area contributed by atoms with Gasteiger partial charge in [0.05, 0.1) is 17.6 Å². The smallest absolute Gasteiger partial charge is 0.287 e. The molecule has 0 saturated carbocycles. The van der Waals surface area contributed by atoms with E-state index >= 15 is 0 Å². The highest BCUT2D eigenvalue weighted by atomic mass is 35.5. The number of carbonyl (C=O) groups excluding carboxylic acids is 1. The Labute approximate surface area is 138 Å². The number of rotatable bonds is 4. The van der Waals surface area contributed by atoms with Crippen LogP contribution in [0.2, 0.25) is 5.02 Å². The van der Waals surface area contributed by atoms with E-state index in [2.05, 4.69) is 10.2 Å². The predicted molar refractivity (Wildman–Crippen MR) is 84.8 cm³/mol. The van der Waals surface area contributed by atoms with E-state index in [9.17, 15) is 14.9 Å². The molecule has 0 unspecified atom stereocenters. The summed E-state index contributed by atoms with van der Waals surface area (Å²) in [6, 6.07) is 4.48. The van der Waals surface area contributed by atoms with Gasteiger partial charge in [-0.05, 0) is 31.5 Å². The Hall–Kier alpha value is -1.70. The van der Waals surface area contributed by atoms with Gasteiger partial charge in [-0.1, -0.05) is 11.6 Å². The second-order valence-corrected chi connectivity index (χ2v) is 6.29. The van der Waals surface area contributed by atoms with Crippen molar-refractivity contribution in [1.82, 2.24) is 10.2 Å². The lowest BCUT2D eigenvalue weighted by Gasteiger charge is -2.35. The van der Waals surface area contributed by atoms with Crippen LogP contribution in [0.4, 0.5) is 5.69 Å². The van der Waals surface area contributed by atoms with E-state index in [-0.39, 0.29) is 22.7 Å².